The molecule has 0 atom stereocenters. The Morgan fingerprint density at radius 3 is 3.09 bits per heavy atom. The number of hydrogen-bond donors (Lipinski definition) is 1. The molecule has 0 unspecified atom stereocenters. The maximum atomic E-state index is 9.05. The van der Waals surface area contributed by atoms with Crippen molar-refractivity contribution in [2.75, 3.05) is 0 Å². The predicted octanol–water partition coefficient (Wildman–Crippen LogP) is 1.69. The van der Waals surface area contributed by atoms with E-state index < -0.39 is 0 Å². The summed E-state index contributed by atoms with van der Waals surface area (Å²) in [6.45, 7) is 0. The van der Waals surface area contributed by atoms with E-state index >= 15 is 0 Å². The lowest BCUT2D eigenvalue weighted by Gasteiger charge is -1.93. The van der Waals surface area contributed by atoms with E-state index in [0.29, 0.717) is 5.15 Å². The SMILES string of the molecule is Oc1ccc2c(Cl)ncn2c1. The van der Waals surface area contributed by atoms with Gasteiger partial charge in [-0.1, -0.05) is 11.6 Å². The van der Waals surface area contributed by atoms with Crippen LogP contribution < -0.4 is 0 Å². The zero-order valence-electron chi connectivity index (χ0n) is 5.53. The molecule has 0 amide bonds. The summed E-state index contributed by atoms with van der Waals surface area (Å²) < 4.78 is 1.66. The van der Waals surface area contributed by atoms with E-state index in [2.05, 4.69) is 4.98 Å². The summed E-state index contributed by atoms with van der Waals surface area (Å²) in [6, 6.07) is 3.29. The molecule has 0 aliphatic rings. The molecule has 0 saturated carbocycles. The third-order valence-electron chi connectivity index (χ3n) is 1.47. The Balaban J connectivity index is 2.86. The molecule has 0 fully saturated rings. The molecule has 2 aromatic rings. The van der Waals surface area contributed by atoms with Crippen LogP contribution in [0, 0.1) is 0 Å². The van der Waals surface area contributed by atoms with Crippen LogP contribution in [-0.2, 0) is 0 Å². The molecule has 2 aromatic heterocycles. The van der Waals surface area contributed by atoms with Gasteiger partial charge in [0.05, 0.1) is 11.7 Å². The van der Waals surface area contributed by atoms with Gasteiger partial charge in [0, 0.05) is 0 Å². The average Bonchev–Trinajstić information content (AvgIpc) is 2.32. The lowest BCUT2D eigenvalue weighted by molar-refractivity contribution is 0.472. The minimum Gasteiger partial charge on any atom is -0.506 e. The predicted molar refractivity (Wildman–Crippen MR) is 41.9 cm³/mol. The van der Waals surface area contributed by atoms with Gasteiger partial charge >= 0.3 is 0 Å². The molecule has 0 aromatic carbocycles. The van der Waals surface area contributed by atoms with Gasteiger partial charge in [-0.15, -0.1) is 0 Å². The second-order valence-electron chi connectivity index (χ2n) is 2.22. The Hall–Kier alpha value is -1.22. The number of halogens is 1. The highest BCUT2D eigenvalue weighted by atomic mass is 35.5. The van der Waals surface area contributed by atoms with E-state index in [-0.39, 0.29) is 5.75 Å². The van der Waals surface area contributed by atoms with Crippen molar-refractivity contribution in [1.29, 1.82) is 0 Å². The fourth-order valence-electron chi connectivity index (χ4n) is 0.955. The summed E-state index contributed by atoms with van der Waals surface area (Å²) in [5.41, 5.74) is 0.796. The van der Waals surface area contributed by atoms with Crippen molar-refractivity contribution in [3.8, 4) is 5.75 Å². The third-order valence-corrected chi connectivity index (χ3v) is 1.76. The number of fused-ring (bicyclic) bond motifs is 1. The van der Waals surface area contributed by atoms with Crippen LogP contribution in [0.4, 0.5) is 0 Å². The summed E-state index contributed by atoms with van der Waals surface area (Å²) in [7, 11) is 0. The maximum absolute atomic E-state index is 9.05. The fourth-order valence-corrected chi connectivity index (χ4v) is 1.16. The second kappa shape index (κ2) is 2.13. The van der Waals surface area contributed by atoms with Gasteiger partial charge in [0.25, 0.3) is 0 Å². The molecule has 4 heteroatoms. The van der Waals surface area contributed by atoms with Gasteiger partial charge in [0.15, 0.2) is 5.15 Å². The standard InChI is InChI=1S/C7H5ClN2O/c8-7-6-2-1-5(11)3-10(6)4-9-7/h1-4,11H. The van der Waals surface area contributed by atoms with Crippen molar-refractivity contribution in [2.24, 2.45) is 0 Å². The van der Waals surface area contributed by atoms with Gasteiger partial charge in [-0.25, -0.2) is 4.98 Å². The van der Waals surface area contributed by atoms with Crippen molar-refractivity contribution in [3.05, 3.63) is 29.8 Å². The van der Waals surface area contributed by atoms with Crippen molar-refractivity contribution >= 4 is 17.1 Å². The van der Waals surface area contributed by atoms with Crippen LogP contribution >= 0.6 is 11.6 Å². The Labute approximate surface area is 67.9 Å². The molecule has 2 rings (SSSR count). The smallest absolute Gasteiger partial charge is 0.154 e. The van der Waals surface area contributed by atoms with Gasteiger partial charge in [0.2, 0.25) is 0 Å². The normalized spacial score (nSPS) is 10.6. The number of nitrogens with zero attached hydrogens (tertiary/aromatic N) is 2. The van der Waals surface area contributed by atoms with Crippen molar-refractivity contribution in [2.45, 2.75) is 0 Å². The van der Waals surface area contributed by atoms with Crippen molar-refractivity contribution in [1.82, 2.24) is 9.38 Å². The van der Waals surface area contributed by atoms with Gasteiger partial charge in [-0.3, -0.25) is 0 Å². The monoisotopic (exact) mass is 168 g/mol. The van der Waals surface area contributed by atoms with Gasteiger partial charge in [-0.2, -0.15) is 0 Å². The lowest BCUT2D eigenvalue weighted by Crippen LogP contribution is -1.78. The molecule has 56 valence electrons. The summed E-state index contributed by atoms with van der Waals surface area (Å²) in [5.74, 6) is 0.201. The molecule has 3 nitrogen and oxygen atoms in total. The quantitative estimate of drug-likeness (QED) is 0.650. The van der Waals surface area contributed by atoms with Gasteiger partial charge in [-0.05, 0) is 12.1 Å². The minimum atomic E-state index is 0.201. The van der Waals surface area contributed by atoms with Gasteiger partial charge in [0.1, 0.15) is 12.1 Å². The second-order valence-corrected chi connectivity index (χ2v) is 2.57. The Morgan fingerprint density at radius 1 is 1.45 bits per heavy atom. The largest absolute Gasteiger partial charge is 0.506 e. The highest BCUT2D eigenvalue weighted by Crippen LogP contribution is 2.17. The highest BCUT2D eigenvalue weighted by molar-refractivity contribution is 6.32. The van der Waals surface area contributed by atoms with E-state index in [4.69, 9.17) is 16.7 Å². The number of pyridine rings is 1. The highest BCUT2D eigenvalue weighted by Gasteiger charge is 1.99. The van der Waals surface area contributed by atoms with Crippen LogP contribution in [-0.4, -0.2) is 14.5 Å². The van der Waals surface area contributed by atoms with Crippen LogP contribution in [0.2, 0.25) is 5.15 Å². The molecule has 0 bridgehead atoms. The van der Waals surface area contributed by atoms with Crippen molar-refractivity contribution < 1.29 is 5.11 Å². The van der Waals surface area contributed by atoms with E-state index in [0.717, 1.165) is 5.52 Å². The first kappa shape index (κ1) is 6.49. The zero-order chi connectivity index (χ0) is 7.84. The van der Waals surface area contributed by atoms with Crippen LogP contribution in [0.3, 0.4) is 0 Å². The topological polar surface area (TPSA) is 37.5 Å². The third kappa shape index (κ3) is 0.935. The van der Waals surface area contributed by atoms with Crippen molar-refractivity contribution in [3.63, 3.8) is 0 Å². The summed E-state index contributed by atoms with van der Waals surface area (Å²) in [5, 5.41) is 9.50. The number of aromatic nitrogens is 2. The lowest BCUT2D eigenvalue weighted by atomic mass is 10.4. The molecule has 0 aliphatic carbocycles. The average molecular weight is 169 g/mol. The summed E-state index contributed by atoms with van der Waals surface area (Å²) >= 11 is 5.71. The van der Waals surface area contributed by atoms with E-state index in [1.165, 1.54) is 0 Å². The molecular formula is C7H5ClN2O. The molecule has 1 N–H and O–H groups in total. The van der Waals surface area contributed by atoms with Crippen LogP contribution in [0.15, 0.2) is 24.7 Å². The molecular weight excluding hydrogens is 164 g/mol. The Kier molecular flexibility index (Phi) is 1.26. The van der Waals surface area contributed by atoms with E-state index in [9.17, 15) is 0 Å². The van der Waals surface area contributed by atoms with E-state index in [1.54, 1.807) is 29.1 Å². The Bertz CT molecular complexity index is 396. The summed E-state index contributed by atoms with van der Waals surface area (Å²) in [4.78, 5) is 3.85. The molecule has 0 radical (unpaired) electrons. The number of rotatable bonds is 0. The van der Waals surface area contributed by atoms with Crippen LogP contribution in [0.1, 0.15) is 0 Å². The first-order valence-corrected chi connectivity index (χ1v) is 3.46. The number of hydrogen-bond acceptors (Lipinski definition) is 2. The molecule has 2 heterocycles. The fraction of sp³-hybridized carbons (Fsp3) is 0. The molecule has 0 spiro atoms. The molecule has 0 saturated heterocycles. The van der Waals surface area contributed by atoms with Crippen LogP contribution in [0.25, 0.3) is 5.52 Å². The zero-order valence-corrected chi connectivity index (χ0v) is 6.28. The molecule has 0 aliphatic heterocycles. The first-order chi connectivity index (χ1) is 5.27. The van der Waals surface area contributed by atoms with Gasteiger partial charge < -0.3 is 9.51 Å². The maximum Gasteiger partial charge on any atom is 0.154 e. The number of aromatic hydroxyl groups is 1. The Morgan fingerprint density at radius 2 is 2.27 bits per heavy atom. The van der Waals surface area contributed by atoms with E-state index in [1.807, 2.05) is 0 Å². The van der Waals surface area contributed by atoms with Crippen LogP contribution in [0.5, 0.6) is 5.75 Å². The number of imidazole rings is 1. The minimum absolute atomic E-state index is 0.201. The summed E-state index contributed by atoms with van der Waals surface area (Å²) in [6.07, 6.45) is 3.10. The first-order valence-electron chi connectivity index (χ1n) is 3.08. The molecule has 11 heavy (non-hydrogen) atoms.